The van der Waals surface area contributed by atoms with Crippen molar-refractivity contribution in [2.75, 3.05) is 11.9 Å². The molecule has 0 aliphatic heterocycles. The average molecular weight is 196 g/mol. The standard InChI is InChI=1S/C9H10ClN3/c1-2-3-12-9-7(5-11)4-8(10)6-13-9/h4,6H,2-3H2,1H3,(H,12,13). The molecule has 0 aromatic carbocycles. The van der Waals surface area contributed by atoms with Gasteiger partial charge in [-0.25, -0.2) is 4.98 Å². The number of hydrogen-bond donors (Lipinski definition) is 1. The van der Waals surface area contributed by atoms with Crippen molar-refractivity contribution < 1.29 is 0 Å². The summed E-state index contributed by atoms with van der Waals surface area (Å²) in [7, 11) is 0. The molecule has 0 amide bonds. The first kappa shape index (κ1) is 9.82. The largest absolute Gasteiger partial charge is 0.369 e. The quantitative estimate of drug-likeness (QED) is 0.806. The Balaban J connectivity index is 2.88. The van der Waals surface area contributed by atoms with Gasteiger partial charge in [-0.05, 0) is 12.5 Å². The molecule has 1 heterocycles. The van der Waals surface area contributed by atoms with Crippen LogP contribution in [-0.2, 0) is 0 Å². The van der Waals surface area contributed by atoms with Crippen molar-refractivity contribution in [2.24, 2.45) is 0 Å². The van der Waals surface area contributed by atoms with Crippen molar-refractivity contribution in [3.05, 3.63) is 22.8 Å². The Hall–Kier alpha value is -1.27. The first-order valence-corrected chi connectivity index (χ1v) is 4.45. The third-order valence-corrected chi connectivity index (χ3v) is 1.72. The molecule has 3 nitrogen and oxygen atoms in total. The van der Waals surface area contributed by atoms with E-state index in [2.05, 4.69) is 17.2 Å². The van der Waals surface area contributed by atoms with E-state index in [1.54, 1.807) is 6.07 Å². The molecule has 13 heavy (non-hydrogen) atoms. The van der Waals surface area contributed by atoms with Crippen LogP contribution in [0.1, 0.15) is 18.9 Å². The third-order valence-electron chi connectivity index (χ3n) is 1.52. The predicted molar refractivity (Wildman–Crippen MR) is 52.7 cm³/mol. The first-order valence-electron chi connectivity index (χ1n) is 4.07. The Morgan fingerprint density at radius 1 is 1.69 bits per heavy atom. The highest BCUT2D eigenvalue weighted by Crippen LogP contribution is 2.16. The molecule has 1 aromatic rings. The van der Waals surface area contributed by atoms with Crippen LogP contribution in [0.4, 0.5) is 5.82 Å². The molecule has 0 aliphatic carbocycles. The van der Waals surface area contributed by atoms with Crippen molar-refractivity contribution in [3.63, 3.8) is 0 Å². The number of aromatic nitrogens is 1. The van der Waals surface area contributed by atoms with Gasteiger partial charge < -0.3 is 5.32 Å². The maximum absolute atomic E-state index is 8.75. The van der Waals surface area contributed by atoms with Crippen LogP contribution in [0.15, 0.2) is 12.3 Å². The molecular weight excluding hydrogens is 186 g/mol. The lowest BCUT2D eigenvalue weighted by molar-refractivity contribution is 0.968. The number of pyridine rings is 1. The number of rotatable bonds is 3. The highest BCUT2D eigenvalue weighted by Gasteiger charge is 2.02. The van der Waals surface area contributed by atoms with Crippen molar-refractivity contribution >= 4 is 17.4 Å². The first-order chi connectivity index (χ1) is 6.27. The second-order valence-electron chi connectivity index (χ2n) is 2.59. The summed E-state index contributed by atoms with van der Waals surface area (Å²) in [5, 5.41) is 12.3. The smallest absolute Gasteiger partial charge is 0.144 e. The molecular formula is C9H10ClN3. The lowest BCUT2D eigenvalue weighted by Gasteiger charge is -2.04. The van der Waals surface area contributed by atoms with Gasteiger partial charge in [-0.2, -0.15) is 5.26 Å². The van der Waals surface area contributed by atoms with E-state index in [0.29, 0.717) is 16.4 Å². The van der Waals surface area contributed by atoms with Crippen LogP contribution in [0.3, 0.4) is 0 Å². The number of anilines is 1. The minimum atomic E-state index is 0.485. The third kappa shape index (κ3) is 2.60. The monoisotopic (exact) mass is 195 g/mol. The van der Waals surface area contributed by atoms with E-state index >= 15 is 0 Å². The lowest BCUT2D eigenvalue weighted by Crippen LogP contribution is -2.03. The molecule has 0 saturated carbocycles. The average Bonchev–Trinajstić information content (AvgIpc) is 2.16. The van der Waals surface area contributed by atoms with E-state index in [1.807, 2.05) is 6.07 Å². The summed E-state index contributed by atoms with van der Waals surface area (Å²) in [5.41, 5.74) is 0.487. The molecule has 1 rings (SSSR count). The van der Waals surface area contributed by atoms with Gasteiger partial charge in [-0.1, -0.05) is 18.5 Å². The van der Waals surface area contributed by atoms with Gasteiger partial charge in [-0.3, -0.25) is 0 Å². The molecule has 0 spiro atoms. The minimum Gasteiger partial charge on any atom is -0.369 e. The van der Waals surface area contributed by atoms with Gasteiger partial charge in [0.2, 0.25) is 0 Å². The highest BCUT2D eigenvalue weighted by molar-refractivity contribution is 6.30. The Bertz CT molecular complexity index is 330. The summed E-state index contributed by atoms with van der Waals surface area (Å²) in [5.74, 6) is 0.605. The molecule has 0 bridgehead atoms. The van der Waals surface area contributed by atoms with Crippen molar-refractivity contribution in [2.45, 2.75) is 13.3 Å². The van der Waals surface area contributed by atoms with Crippen LogP contribution in [0.5, 0.6) is 0 Å². The van der Waals surface area contributed by atoms with Gasteiger partial charge in [0.15, 0.2) is 0 Å². The fraction of sp³-hybridized carbons (Fsp3) is 0.333. The summed E-state index contributed by atoms with van der Waals surface area (Å²) in [6.45, 7) is 2.86. The molecule has 4 heteroatoms. The van der Waals surface area contributed by atoms with Gasteiger partial charge in [-0.15, -0.1) is 0 Å². The van der Waals surface area contributed by atoms with Gasteiger partial charge in [0.25, 0.3) is 0 Å². The zero-order valence-electron chi connectivity index (χ0n) is 7.34. The summed E-state index contributed by atoms with van der Waals surface area (Å²) in [6, 6.07) is 3.64. The van der Waals surface area contributed by atoms with Gasteiger partial charge in [0, 0.05) is 12.7 Å². The maximum Gasteiger partial charge on any atom is 0.144 e. The summed E-state index contributed by atoms with van der Waals surface area (Å²) < 4.78 is 0. The zero-order valence-corrected chi connectivity index (χ0v) is 8.10. The molecule has 68 valence electrons. The van der Waals surface area contributed by atoms with Crippen LogP contribution in [0, 0.1) is 11.3 Å². The summed E-state index contributed by atoms with van der Waals surface area (Å²) in [6.07, 6.45) is 2.52. The fourth-order valence-electron chi connectivity index (χ4n) is 0.909. The Kier molecular flexibility index (Phi) is 3.53. The number of halogens is 1. The Morgan fingerprint density at radius 2 is 2.46 bits per heavy atom. The van der Waals surface area contributed by atoms with E-state index in [4.69, 9.17) is 16.9 Å². The molecule has 0 atom stereocenters. The molecule has 0 aliphatic rings. The molecule has 0 radical (unpaired) electrons. The van der Waals surface area contributed by atoms with E-state index in [1.165, 1.54) is 6.20 Å². The Morgan fingerprint density at radius 3 is 3.08 bits per heavy atom. The maximum atomic E-state index is 8.75. The van der Waals surface area contributed by atoms with Crippen molar-refractivity contribution in [1.82, 2.24) is 4.98 Å². The van der Waals surface area contributed by atoms with Gasteiger partial charge in [0.05, 0.1) is 10.6 Å². The Labute approximate surface area is 82.4 Å². The summed E-state index contributed by atoms with van der Waals surface area (Å²) >= 11 is 5.69. The molecule has 1 aromatic heterocycles. The molecule has 0 saturated heterocycles. The zero-order chi connectivity index (χ0) is 9.68. The number of nitrogens with one attached hydrogen (secondary N) is 1. The molecule has 1 N–H and O–H groups in total. The normalized spacial score (nSPS) is 9.31. The summed E-state index contributed by atoms with van der Waals surface area (Å²) in [4.78, 5) is 4.02. The fourth-order valence-corrected chi connectivity index (χ4v) is 1.07. The van der Waals surface area contributed by atoms with Crippen LogP contribution in [-0.4, -0.2) is 11.5 Å². The predicted octanol–water partition coefficient (Wildman–Crippen LogP) is 2.43. The second kappa shape index (κ2) is 4.68. The van der Waals surface area contributed by atoms with Crippen LogP contribution in [0.25, 0.3) is 0 Å². The van der Waals surface area contributed by atoms with Crippen LogP contribution >= 0.6 is 11.6 Å². The van der Waals surface area contributed by atoms with Crippen molar-refractivity contribution in [1.29, 1.82) is 5.26 Å². The number of nitriles is 1. The van der Waals surface area contributed by atoms with E-state index in [9.17, 15) is 0 Å². The number of hydrogen-bond acceptors (Lipinski definition) is 3. The number of nitrogens with zero attached hydrogens (tertiary/aromatic N) is 2. The van der Waals surface area contributed by atoms with Crippen LogP contribution in [0.2, 0.25) is 5.02 Å². The van der Waals surface area contributed by atoms with Crippen LogP contribution < -0.4 is 5.32 Å². The van der Waals surface area contributed by atoms with E-state index in [0.717, 1.165) is 13.0 Å². The molecule has 0 unspecified atom stereocenters. The lowest BCUT2D eigenvalue weighted by atomic mass is 10.3. The second-order valence-corrected chi connectivity index (χ2v) is 3.02. The van der Waals surface area contributed by atoms with E-state index in [-0.39, 0.29) is 0 Å². The van der Waals surface area contributed by atoms with E-state index < -0.39 is 0 Å². The SMILES string of the molecule is CCCNc1ncc(Cl)cc1C#N. The van der Waals surface area contributed by atoms with Crippen molar-refractivity contribution in [3.8, 4) is 6.07 Å². The molecule has 0 fully saturated rings. The minimum absolute atomic E-state index is 0.485. The highest BCUT2D eigenvalue weighted by atomic mass is 35.5. The van der Waals surface area contributed by atoms with Gasteiger partial charge in [0.1, 0.15) is 11.9 Å². The topological polar surface area (TPSA) is 48.7 Å². The van der Waals surface area contributed by atoms with Gasteiger partial charge >= 0.3 is 0 Å².